The van der Waals surface area contributed by atoms with Crippen LogP contribution in [0.2, 0.25) is 0 Å². The SMILES string of the molecule is Cl.Nc1ccc(CCNC(=O)CCCNC(=O)c2ccccc2)cc1. The second-order valence-electron chi connectivity index (χ2n) is 5.57. The van der Waals surface area contributed by atoms with Gasteiger partial charge in [0.25, 0.3) is 5.91 Å². The minimum absolute atomic E-state index is 0. The molecule has 0 unspecified atom stereocenters. The van der Waals surface area contributed by atoms with Crippen LogP contribution in [0.4, 0.5) is 5.69 Å². The monoisotopic (exact) mass is 361 g/mol. The number of amides is 2. The van der Waals surface area contributed by atoms with E-state index in [9.17, 15) is 9.59 Å². The van der Waals surface area contributed by atoms with Crippen LogP contribution < -0.4 is 16.4 Å². The lowest BCUT2D eigenvalue weighted by molar-refractivity contribution is -0.121. The first kappa shape index (κ1) is 20.5. The number of nitrogens with two attached hydrogens (primary N) is 1. The Kier molecular flexibility index (Phi) is 9.11. The van der Waals surface area contributed by atoms with Gasteiger partial charge >= 0.3 is 0 Å². The highest BCUT2D eigenvalue weighted by molar-refractivity contribution is 5.94. The molecule has 2 rings (SSSR count). The second kappa shape index (κ2) is 11.1. The smallest absolute Gasteiger partial charge is 0.251 e. The fourth-order valence-corrected chi connectivity index (χ4v) is 2.26. The number of hydrogen-bond acceptors (Lipinski definition) is 3. The largest absolute Gasteiger partial charge is 0.399 e. The van der Waals surface area contributed by atoms with E-state index in [1.54, 1.807) is 12.1 Å². The highest BCUT2D eigenvalue weighted by Gasteiger charge is 2.05. The van der Waals surface area contributed by atoms with Gasteiger partial charge in [0.1, 0.15) is 0 Å². The van der Waals surface area contributed by atoms with Crippen molar-refractivity contribution in [1.29, 1.82) is 0 Å². The van der Waals surface area contributed by atoms with Gasteiger partial charge in [-0.1, -0.05) is 30.3 Å². The summed E-state index contributed by atoms with van der Waals surface area (Å²) in [6.07, 6.45) is 1.79. The van der Waals surface area contributed by atoms with E-state index in [0.29, 0.717) is 31.5 Å². The molecule has 25 heavy (non-hydrogen) atoms. The van der Waals surface area contributed by atoms with Crippen molar-refractivity contribution in [2.24, 2.45) is 0 Å². The van der Waals surface area contributed by atoms with Crippen molar-refractivity contribution in [2.75, 3.05) is 18.8 Å². The molecule has 0 atom stereocenters. The maximum absolute atomic E-state index is 11.8. The van der Waals surface area contributed by atoms with Crippen LogP contribution >= 0.6 is 12.4 Å². The van der Waals surface area contributed by atoms with Crippen molar-refractivity contribution >= 4 is 29.9 Å². The molecule has 5 nitrogen and oxygen atoms in total. The van der Waals surface area contributed by atoms with E-state index in [-0.39, 0.29) is 24.2 Å². The first-order chi connectivity index (χ1) is 11.6. The van der Waals surface area contributed by atoms with E-state index in [2.05, 4.69) is 10.6 Å². The highest BCUT2D eigenvalue weighted by Crippen LogP contribution is 2.05. The molecule has 0 aromatic heterocycles. The molecule has 0 bridgehead atoms. The van der Waals surface area contributed by atoms with Crippen LogP contribution in [0.1, 0.15) is 28.8 Å². The molecule has 0 aliphatic rings. The molecule has 0 spiro atoms. The van der Waals surface area contributed by atoms with E-state index >= 15 is 0 Å². The van der Waals surface area contributed by atoms with Gasteiger partial charge in [-0.05, 0) is 42.7 Å². The predicted molar refractivity (Wildman–Crippen MR) is 103 cm³/mol. The van der Waals surface area contributed by atoms with Gasteiger partial charge in [-0.15, -0.1) is 12.4 Å². The number of benzene rings is 2. The molecule has 0 aliphatic carbocycles. The maximum atomic E-state index is 11.8. The average Bonchev–Trinajstić information content (AvgIpc) is 2.61. The van der Waals surface area contributed by atoms with E-state index in [4.69, 9.17) is 5.73 Å². The summed E-state index contributed by atoms with van der Waals surface area (Å²) in [5.74, 6) is -0.112. The fraction of sp³-hybridized carbons (Fsp3) is 0.263. The Balaban J connectivity index is 0.00000312. The summed E-state index contributed by atoms with van der Waals surface area (Å²) < 4.78 is 0. The molecule has 0 saturated carbocycles. The van der Waals surface area contributed by atoms with Crippen LogP contribution in [0, 0.1) is 0 Å². The zero-order chi connectivity index (χ0) is 17.2. The Labute approximate surface area is 154 Å². The van der Waals surface area contributed by atoms with Crippen molar-refractivity contribution < 1.29 is 9.59 Å². The Morgan fingerprint density at radius 1 is 0.880 bits per heavy atom. The summed E-state index contributed by atoms with van der Waals surface area (Å²) in [5.41, 5.74) is 8.14. The summed E-state index contributed by atoms with van der Waals surface area (Å²) >= 11 is 0. The molecule has 2 aromatic carbocycles. The second-order valence-corrected chi connectivity index (χ2v) is 5.57. The van der Waals surface area contributed by atoms with Crippen LogP contribution in [-0.2, 0) is 11.2 Å². The van der Waals surface area contributed by atoms with Gasteiger partial charge in [0.2, 0.25) is 5.91 Å². The first-order valence-electron chi connectivity index (χ1n) is 8.09. The lowest BCUT2D eigenvalue weighted by Crippen LogP contribution is -2.28. The predicted octanol–water partition coefficient (Wildman–Crippen LogP) is 2.56. The quantitative estimate of drug-likeness (QED) is 0.499. The molecular formula is C19H24ClN3O2. The zero-order valence-electron chi connectivity index (χ0n) is 14.0. The van der Waals surface area contributed by atoms with Crippen molar-refractivity contribution in [3.05, 3.63) is 65.7 Å². The summed E-state index contributed by atoms with van der Waals surface area (Å²) in [6, 6.07) is 16.7. The number of hydrogen-bond donors (Lipinski definition) is 3. The van der Waals surface area contributed by atoms with Gasteiger partial charge < -0.3 is 16.4 Å². The van der Waals surface area contributed by atoms with Crippen LogP contribution in [0.3, 0.4) is 0 Å². The van der Waals surface area contributed by atoms with Crippen LogP contribution in [0.5, 0.6) is 0 Å². The van der Waals surface area contributed by atoms with Gasteiger partial charge in [0, 0.05) is 30.8 Å². The summed E-state index contributed by atoms with van der Waals surface area (Å²) in [4.78, 5) is 23.6. The van der Waals surface area contributed by atoms with Crippen LogP contribution in [0.25, 0.3) is 0 Å². The van der Waals surface area contributed by atoms with E-state index in [0.717, 1.165) is 17.7 Å². The molecule has 0 heterocycles. The molecule has 2 aromatic rings. The molecule has 0 fully saturated rings. The normalized spacial score (nSPS) is 9.76. The number of rotatable bonds is 8. The van der Waals surface area contributed by atoms with Crippen molar-refractivity contribution in [1.82, 2.24) is 10.6 Å². The molecule has 0 aliphatic heterocycles. The number of anilines is 1. The van der Waals surface area contributed by atoms with Crippen molar-refractivity contribution in [2.45, 2.75) is 19.3 Å². The maximum Gasteiger partial charge on any atom is 0.251 e. The molecular weight excluding hydrogens is 338 g/mol. The van der Waals surface area contributed by atoms with E-state index in [1.807, 2.05) is 42.5 Å². The van der Waals surface area contributed by atoms with Gasteiger partial charge in [-0.25, -0.2) is 0 Å². The molecule has 2 amide bonds. The third kappa shape index (κ3) is 7.72. The molecule has 0 radical (unpaired) electrons. The van der Waals surface area contributed by atoms with Crippen molar-refractivity contribution in [3.63, 3.8) is 0 Å². The van der Waals surface area contributed by atoms with E-state index in [1.165, 1.54) is 0 Å². The van der Waals surface area contributed by atoms with Crippen molar-refractivity contribution in [3.8, 4) is 0 Å². The fourth-order valence-electron chi connectivity index (χ4n) is 2.26. The Hall–Kier alpha value is -2.53. The zero-order valence-corrected chi connectivity index (χ0v) is 14.9. The Morgan fingerprint density at radius 3 is 2.24 bits per heavy atom. The van der Waals surface area contributed by atoms with Gasteiger partial charge in [0.05, 0.1) is 0 Å². The van der Waals surface area contributed by atoms with Gasteiger partial charge in [0.15, 0.2) is 0 Å². The molecule has 6 heteroatoms. The molecule has 4 N–H and O–H groups in total. The molecule has 0 saturated heterocycles. The average molecular weight is 362 g/mol. The summed E-state index contributed by atoms with van der Waals surface area (Å²) in [6.45, 7) is 1.08. The number of nitrogen functional groups attached to an aromatic ring is 1. The summed E-state index contributed by atoms with van der Waals surface area (Å²) in [7, 11) is 0. The first-order valence-corrected chi connectivity index (χ1v) is 8.09. The highest BCUT2D eigenvalue weighted by atomic mass is 35.5. The van der Waals surface area contributed by atoms with Gasteiger partial charge in [-0.3, -0.25) is 9.59 Å². The lowest BCUT2D eigenvalue weighted by atomic mass is 10.1. The number of nitrogens with one attached hydrogen (secondary N) is 2. The van der Waals surface area contributed by atoms with Gasteiger partial charge in [-0.2, -0.15) is 0 Å². The number of carbonyl (C=O) groups excluding carboxylic acids is 2. The Bertz CT molecular complexity index is 660. The third-order valence-electron chi connectivity index (χ3n) is 3.62. The number of halogens is 1. The minimum atomic E-state index is -0.112. The standard InChI is InChI=1S/C19H23N3O2.ClH/c20-17-10-8-15(9-11-17)12-14-21-18(23)7-4-13-22-19(24)16-5-2-1-3-6-16;/h1-3,5-6,8-11H,4,7,12-14,20H2,(H,21,23)(H,22,24);1H. The Morgan fingerprint density at radius 2 is 1.56 bits per heavy atom. The van der Waals surface area contributed by atoms with Crippen LogP contribution in [0.15, 0.2) is 54.6 Å². The molecule has 134 valence electrons. The number of carbonyl (C=O) groups is 2. The topological polar surface area (TPSA) is 84.2 Å². The van der Waals surface area contributed by atoms with Crippen LogP contribution in [-0.4, -0.2) is 24.9 Å². The lowest BCUT2D eigenvalue weighted by Gasteiger charge is -2.07. The minimum Gasteiger partial charge on any atom is -0.399 e. The summed E-state index contributed by atoms with van der Waals surface area (Å²) in [5, 5.41) is 5.69. The third-order valence-corrected chi connectivity index (χ3v) is 3.62. The van der Waals surface area contributed by atoms with E-state index < -0.39 is 0 Å².